The van der Waals surface area contributed by atoms with Crippen molar-refractivity contribution in [3.05, 3.63) is 56.6 Å². The largest absolute Gasteiger partial charge is 0.494 e. The summed E-state index contributed by atoms with van der Waals surface area (Å²) < 4.78 is 13.7. The van der Waals surface area contributed by atoms with Gasteiger partial charge in [-0.25, -0.2) is 0 Å². The maximum absolute atomic E-state index is 5.71. The molecule has 22 heavy (non-hydrogen) atoms. The third-order valence-corrected chi connectivity index (χ3v) is 4.45. The molecule has 0 fully saturated rings. The predicted octanol–water partition coefficient (Wildman–Crippen LogP) is 6.07. The molecule has 0 atom stereocenters. The summed E-state index contributed by atoms with van der Waals surface area (Å²) in [5, 5.41) is 0. The average molecular weight is 475 g/mol. The van der Waals surface area contributed by atoms with Crippen LogP contribution >= 0.6 is 38.5 Å². The fourth-order valence-corrected chi connectivity index (χ4v) is 2.62. The second-order valence-electron chi connectivity index (χ2n) is 5.02. The van der Waals surface area contributed by atoms with Crippen molar-refractivity contribution in [1.29, 1.82) is 0 Å². The van der Waals surface area contributed by atoms with Gasteiger partial charge in [0, 0.05) is 8.04 Å². The molecule has 0 aromatic heterocycles. The summed E-state index contributed by atoms with van der Waals surface area (Å²) in [5.74, 6) is 1.89. The molecule has 2 aromatic rings. The lowest BCUT2D eigenvalue weighted by Crippen LogP contribution is -1.99. The topological polar surface area (TPSA) is 18.5 Å². The van der Waals surface area contributed by atoms with Crippen molar-refractivity contribution in [3.63, 3.8) is 0 Å². The van der Waals surface area contributed by atoms with E-state index in [1.807, 2.05) is 36.4 Å². The normalized spacial score (nSPS) is 10.5. The zero-order valence-electron chi connectivity index (χ0n) is 12.4. The van der Waals surface area contributed by atoms with Crippen LogP contribution in [0.3, 0.4) is 0 Å². The lowest BCUT2D eigenvalue weighted by molar-refractivity contribution is 0.287. The minimum atomic E-state index is 0.777. The summed E-state index contributed by atoms with van der Waals surface area (Å²) in [4.78, 5) is 0. The fourth-order valence-electron chi connectivity index (χ4n) is 2.00. The third-order valence-electron chi connectivity index (χ3n) is 3.20. The van der Waals surface area contributed by atoms with E-state index >= 15 is 0 Å². The maximum Gasteiger partial charge on any atom is 0.119 e. The van der Waals surface area contributed by atoms with Crippen LogP contribution in [-0.2, 0) is 0 Å². The quantitative estimate of drug-likeness (QED) is 0.324. The summed E-state index contributed by atoms with van der Waals surface area (Å²) >= 11 is 5.71. The first-order valence-electron chi connectivity index (χ1n) is 7.51. The monoisotopic (exact) mass is 474 g/mol. The Balaban J connectivity index is 1.47. The van der Waals surface area contributed by atoms with Crippen molar-refractivity contribution < 1.29 is 9.47 Å². The molecule has 0 aliphatic heterocycles. The van der Waals surface area contributed by atoms with Gasteiger partial charge in [-0.3, -0.25) is 0 Å². The number of rotatable bonds is 9. The molecule has 0 saturated carbocycles. The summed E-state index contributed by atoms with van der Waals surface area (Å²) in [6.07, 6.45) is 4.52. The lowest BCUT2D eigenvalue weighted by atomic mass is 10.2. The van der Waals surface area contributed by atoms with Crippen LogP contribution in [-0.4, -0.2) is 13.2 Å². The van der Waals surface area contributed by atoms with Crippen LogP contribution in [0.5, 0.6) is 11.5 Å². The molecule has 2 nitrogen and oxygen atoms in total. The second-order valence-corrected chi connectivity index (χ2v) is 7.18. The zero-order valence-corrected chi connectivity index (χ0v) is 16.2. The van der Waals surface area contributed by atoms with Gasteiger partial charge >= 0.3 is 0 Å². The first kappa shape index (κ1) is 17.6. The van der Waals surface area contributed by atoms with Crippen molar-refractivity contribution in [3.8, 4) is 11.5 Å². The van der Waals surface area contributed by atoms with Gasteiger partial charge in [-0.15, -0.1) is 0 Å². The van der Waals surface area contributed by atoms with Crippen molar-refractivity contribution in [2.45, 2.75) is 25.7 Å². The Bertz CT molecular complexity index is 489. The zero-order chi connectivity index (χ0) is 15.6. The standard InChI is InChI=1S/C18H20BrIO2/c19-15-5-9-17(10-6-15)21-13-3-1-2-4-14-22-18-11-7-16(20)8-12-18/h5-12H,1-4,13-14H2. The van der Waals surface area contributed by atoms with Crippen molar-refractivity contribution in [1.82, 2.24) is 0 Å². The maximum atomic E-state index is 5.71. The minimum Gasteiger partial charge on any atom is -0.494 e. The van der Waals surface area contributed by atoms with Crippen LogP contribution in [0.4, 0.5) is 0 Å². The number of ether oxygens (including phenoxy) is 2. The van der Waals surface area contributed by atoms with E-state index in [-0.39, 0.29) is 0 Å². The molecule has 0 amide bonds. The van der Waals surface area contributed by atoms with Crippen molar-refractivity contribution in [2.24, 2.45) is 0 Å². The van der Waals surface area contributed by atoms with E-state index in [1.165, 1.54) is 16.4 Å². The van der Waals surface area contributed by atoms with Gasteiger partial charge in [-0.2, -0.15) is 0 Å². The Hall–Kier alpha value is -0.750. The number of hydrogen-bond acceptors (Lipinski definition) is 2. The Morgan fingerprint density at radius 1 is 0.682 bits per heavy atom. The Morgan fingerprint density at radius 3 is 1.64 bits per heavy atom. The van der Waals surface area contributed by atoms with Crippen LogP contribution in [0.25, 0.3) is 0 Å². The highest BCUT2D eigenvalue weighted by atomic mass is 127. The molecule has 118 valence electrons. The summed E-state index contributed by atoms with van der Waals surface area (Å²) in [6.45, 7) is 1.56. The first-order valence-corrected chi connectivity index (χ1v) is 9.38. The minimum absolute atomic E-state index is 0.777. The van der Waals surface area contributed by atoms with Crippen molar-refractivity contribution in [2.75, 3.05) is 13.2 Å². The first-order chi connectivity index (χ1) is 10.7. The number of hydrogen-bond donors (Lipinski definition) is 0. The highest BCUT2D eigenvalue weighted by Crippen LogP contribution is 2.17. The number of halogens is 2. The molecule has 4 heteroatoms. The fraction of sp³-hybridized carbons (Fsp3) is 0.333. The van der Waals surface area contributed by atoms with Gasteiger partial charge in [0.05, 0.1) is 13.2 Å². The molecule has 0 saturated heterocycles. The molecular weight excluding hydrogens is 455 g/mol. The highest BCUT2D eigenvalue weighted by molar-refractivity contribution is 14.1. The van der Waals surface area contributed by atoms with Gasteiger partial charge in [-0.05, 0) is 96.8 Å². The van der Waals surface area contributed by atoms with Gasteiger partial charge in [0.2, 0.25) is 0 Å². The molecule has 2 aromatic carbocycles. The molecule has 2 rings (SSSR count). The Labute approximate surface area is 154 Å². The summed E-state index contributed by atoms with van der Waals surface area (Å²) in [6, 6.07) is 16.1. The smallest absolute Gasteiger partial charge is 0.119 e. The number of unbranched alkanes of at least 4 members (excludes halogenated alkanes) is 3. The Kier molecular flexibility index (Phi) is 8.08. The predicted molar refractivity (Wildman–Crippen MR) is 103 cm³/mol. The van der Waals surface area contributed by atoms with Gasteiger partial charge in [0.15, 0.2) is 0 Å². The van der Waals surface area contributed by atoms with E-state index in [4.69, 9.17) is 9.47 Å². The van der Waals surface area contributed by atoms with E-state index in [1.54, 1.807) is 0 Å². The van der Waals surface area contributed by atoms with Gasteiger partial charge in [-0.1, -0.05) is 15.9 Å². The molecule has 0 radical (unpaired) electrons. The molecule has 0 heterocycles. The van der Waals surface area contributed by atoms with Crippen molar-refractivity contribution >= 4 is 38.5 Å². The highest BCUT2D eigenvalue weighted by Gasteiger charge is 1.96. The molecule has 0 aliphatic carbocycles. The second kappa shape index (κ2) is 10.1. The van der Waals surface area contributed by atoms with Gasteiger partial charge in [0.25, 0.3) is 0 Å². The molecule has 0 unspecified atom stereocenters. The molecule has 0 N–H and O–H groups in total. The van der Waals surface area contributed by atoms with Gasteiger partial charge < -0.3 is 9.47 Å². The van der Waals surface area contributed by atoms with Crippen LogP contribution < -0.4 is 9.47 Å². The van der Waals surface area contributed by atoms with E-state index in [9.17, 15) is 0 Å². The van der Waals surface area contributed by atoms with Crippen LogP contribution in [0.15, 0.2) is 53.0 Å². The van der Waals surface area contributed by atoms with E-state index in [2.05, 4.69) is 50.7 Å². The van der Waals surface area contributed by atoms with E-state index in [0.717, 1.165) is 42.0 Å². The Morgan fingerprint density at radius 2 is 1.14 bits per heavy atom. The molecule has 0 aliphatic rings. The SMILES string of the molecule is Brc1ccc(OCCCCCCOc2ccc(I)cc2)cc1. The van der Waals surface area contributed by atoms with Crippen LogP contribution in [0, 0.1) is 3.57 Å². The van der Waals surface area contributed by atoms with Crippen LogP contribution in [0.2, 0.25) is 0 Å². The molecule has 0 bridgehead atoms. The van der Waals surface area contributed by atoms with E-state index < -0.39 is 0 Å². The van der Waals surface area contributed by atoms with Crippen LogP contribution in [0.1, 0.15) is 25.7 Å². The average Bonchev–Trinajstić information content (AvgIpc) is 2.53. The summed E-state index contributed by atoms with van der Waals surface area (Å²) in [7, 11) is 0. The summed E-state index contributed by atoms with van der Waals surface area (Å²) in [5.41, 5.74) is 0. The third kappa shape index (κ3) is 7.01. The van der Waals surface area contributed by atoms with E-state index in [0.29, 0.717) is 0 Å². The molecular formula is C18H20BrIO2. The number of benzene rings is 2. The molecule has 0 spiro atoms. The van der Waals surface area contributed by atoms with Gasteiger partial charge in [0.1, 0.15) is 11.5 Å². The lowest BCUT2D eigenvalue weighted by Gasteiger charge is -2.07.